The highest BCUT2D eigenvalue weighted by Crippen LogP contribution is 2.33. The molecule has 19 heavy (non-hydrogen) atoms. The van der Waals surface area contributed by atoms with E-state index in [1.54, 1.807) is 7.11 Å². The normalized spacial score (nSPS) is 17.0. The number of hydroxylamine groups is 1. The van der Waals surface area contributed by atoms with E-state index in [4.69, 9.17) is 9.57 Å². The lowest BCUT2D eigenvalue weighted by Gasteiger charge is -2.10. The first-order valence-electron chi connectivity index (χ1n) is 6.45. The molecule has 3 heteroatoms. The van der Waals surface area contributed by atoms with Gasteiger partial charge in [-0.2, -0.15) is 5.48 Å². The first kappa shape index (κ1) is 12.2. The van der Waals surface area contributed by atoms with Gasteiger partial charge in [0.1, 0.15) is 12.4 Å². The van der Waals surface area contributed by atoms with Crippen LogP contribution in [-0.2, 0) is 11.3 Å². The molecule has 98 valence electrons. The maximum atomic E-state index is 5.63. The predicted molar refractivity (Wildman–Crippen MR) is 74.1 cm³/mol. The number of fused-ring (bicyclic) bond motifs is 1. The molecule has 0 fully saturated rings. The summed E-state index contributed by atoms with van der Waals surface area (Å²) in [5.41, 5.74) is 6.75. The van der Waals surface area contributed by atoms with Crippen LogP contribution in [0.15, 0.2) is 48.5 Å². The highest BCUT2D eigenvalue weighted by molar-refractivity contribution is 5.43. The summed E-state index contributed by atoms with van der Waals surface area (Å²) in [5, 5.41) is 0. The first-order valence-corrected chi connectivity index (χ1v) is 6.45. The molecule has 1 atom stereocenters. The monoisotopic (exact) mass is 255 g/mol. The summed E-state index contributed by atoms with van der Waals surface area (Å²) in [4.78, 5) is 5.01. The van der Waals surface area contributed by atoms with Gasteiger partial charge < -0.3 is 9.57 Å². The van der Waals surface area contributed by atoms with Gasteiger partial charge in [0.15, 0.2) is 0 Å². The van der Waals surface area contributed by atoms with Crippen molar-refractivity contribution in [3.63, 3.8) is 0 Å². The van der Waals surface area contributed by atoms with Crippen molar-refractivity contribution in [3.8, 4) is 5.75 Å². The van der Waals surface area contributed by atoms with Crippen LogP contribution in [0.3, 0.4) is 0 Å². The lowest BCUT2D eigenvalue weighted by molar-refractivity contribution is 0.0536. The van der Waals surface area contributed by atoms with Gasteiger partial charge in [0.25, 0.3) is 0 Å². The molecule has 2 aromatic carbocycles. The van der Waals surface area contributed by atoms with E-state index < -0.39 is 0 Å². The SMILES string of the molecule is CONC1COc2ccc(Cc3ccccc3)cc21. The van der Waals surface area contributed by atoms with Gasteiger partial charge in [-0.05, 0) is 29.7 Å². The van der Waals surface area contributed by atoms with Crippen LogP contribution in [0.2, 0.25) is 0 Å². The van der Waals surface area contributed by atoms with E-state index in [1.165, 1.54) is 16.7 Å². The minimum Gasteiger partial charge on any atom is -0.491 e. The second-order valence-electron chi connectivity index (χ2n) is 4.72. The van der Waals surface area contributed by atoms with Crippen molar-refractivity contribution in [2.45, 2.75) is 12.5 Å². The van der Waals surface area contributed by atoms with Crippen LogP contribution in [0.25, 0.3) is 0 Å². The van der Waals surface area contributed by atoms with Crippen LogP contribution in [0.5, 0.6) is 5.75 Å². The molecule has 0 saturated heterocycles. The molecule has 1 N–H and O–H groups in total. The van der Waals surface area contributed by atoms with Crippen molar-refractivity contribution in [1.82, 2.24) is 5.48 Å². The lowest BCUT2D eigenvalue weighted by atomic mass is 10.0. The Morgan fingerprint density at radius 2 is 2.00 bits per heavy atom. The Balaban J connectivity index is 1.83. The van der Waals surface area contributed by atoms with E-state index in [-0.39, 0.29) is 6.04 Å². The fourth-order valence-corrected chi connectivity index (χ4v) is 2.45. The third kappa shape index (κ3) is 2.62. The van der Waals surface area contributed by atoms with Crippen LogP contribution < -0.4 is 10.2 Å². The van der Waals surface area contributed by atoms with Crippen LogP contribution in [0.4, 0.5) is 0 Å². The Kier molecular flexibility index (Phi) is 3.49. The van der Waals surface area contributed by atoms with Gasteiger partial charge in [0.05, 0.1) is 13.2 Å². The Bertz CT molecular complexity index is 552. The number of nitrogens with one attached hydrogen (secondary N) is 1. The summed E-state index contributed by atoms with van der Waals surface area (Å²) in [5.74, 6) is 0.950. The Morgan fingerprint density at radius 1 is 1.16 bits per heavy atom. The molecule has 0 bridgehead atoms. The van der Waals surface area contributed by atoms with E-state index in [2.05, 4.69) is 41.9 Å². The first-order chi connectivity index (χ1) is 9.36. The summed E-state index contributed by atoms with van der Waals surface area (Å²) >= 11 is 0. The largest absolute Gasteiger partial charge is 0.491 e. The van der Waals surface area contributed by atoms with E-state index in [1.807, 2.05) is 12.1 Å². The number of rotatable bonds is 4. The van der Waals surface area contributed by atoms with Crippen molar-refractivity contribution in [1.29, 1.82) is 0 Å². The Morgan fingerprint density at radius 3 is 2.79 bits per heavy atom. The Hall–Kier alpha value is -1.84. The van der Waals surface area contributed by atoms with Crippen molar-refractivity contribution in [3.05, 3.63) is 65.2 Å². The molecule has 3 nitrogen and oxygen atoms in total. The summed E-state index contributed by atoms with van der Waals surface area (Å²) < 4.78 is 5.63. The number of benzene rings is 2. The molecule has 0 aromatic heterocycles. The molecular formula is C16H17NO2. The summed E-state index contributed by atoms with van der Waals surface area (Å²) in [6.45, 7) is 0.623. The van der Waals surface area contributed by atoms with Crippen LogP contribution in [-0.4, -0.2) is 13.7 Å². The predicted octanol–water partition coefficient (Wildman–Crippen LogP) is 2.86. The zero-order chi connectivity index (χ0) is 13.1. The standard InChI is InChI=1S/C16H17NO2/c1-18-17-15-11-19-16-8-7-13(10-14(15)16)9-12-5-3-2-4-6-12/h2-8,10,15,17H,9,11H2,1H3. The number of hydrogen-bond donors (Lipinski definition) is 1. The van der Waals surface area contributed by atoms with Gasteiger partial charge >= 0.3 is 0 Å². The lowest BCUT2D eigenvalue weighted by Crippen LogP contribution is -2.21. The van der Waals surface area contributed by atoms with Crippen molar-refractivity contribution >= 4 is 0 Å². The quantitative estimate of drug-likeness (QED) is 0.852. The molecule has 0 radical (unpaired) electrons. The molecule has 0 amide bonds. The van der Waals surface area contributed by atoms with Gasteiger partial charge in [0.2, 0.25) is 0 Å². The fourth-order valence-electron chi connectivity index (χ4n) is 2.45. The van der Waals surface area contributed by atoms with Crippen molar-refractivity contribution < 1.29 is 9.57 Å². The molecule has 3 rings (SSSR count). The van der Waals surface area contributed by atoms with Gasteiger partial charge in [0, 0.05) is 5.56 Å². The molecule has 1 heterocycles. The van der Waals surface area contributed by atoms with E-state index in [0.717, 1.165) is 12.2 Å². The second-order valence-corrected chi connectivity index (χ2v) is 4.72. The molecule has 0 aliphatic carbocycles. The van der Waals surface area contributed by atoms with Crippen LogP contribution in [0, 0.1) is 0 Å². The number of hydrogen-bond acceptors (Lipinski definition) is 3. The zero-order valence-electron chi connectivity index (χ0n) is 10.9. The molecule has 1 aliphatic heterocycles. The van der Waals surface area contributed by atoms with Crippen LogP contribution >= 0.6 is 0 Å². The highest BCUT2D eigenvalue weighted by Gasteiger charge is 2.24. The van der Waals surface area contributed by atoms with Crippen molar-refractivity contribution in [2.75, 3.05) is 13.7 Å². The van der Waals surface area contributed by atoms with E-state index in [0.29, 0.717) is 6.61 Å². The van der Waals surface area contributed by atoms with E-state index in [9.17, 15) is 0 Å². The maximum absolute atomic E-state index is 5.63. The fraction of sp³-hybridized carbons (Fsp3) is 0.250. The molecule has 0 spiro atoms. The smallest absolute Gasteiger partial charge is 0.124 e. The highest BCUT2D eigenvalue weighted by atomic mass is 16.6. The third-order valence-electron chi connectivity index (χ3n) is 3.37. The molecule has 1 unspecified atom stereocenters. The second kappa shape index (κ2) is 5.43. The van der Waals surface area contributed by atoms with Crippen LogP contribution in [0.1, 0.15) is 22.7 Å². The molecule has 1 aliphatic rings. The summed E-state index contributed by atoms with van der Waals surface area (Å²) in [7, 11) is 1.63. The average Bonchev–Trinajstić information content (AvgIpc) is 2.83. The zero-order valence-corrected chi connectivity index (χ0v) is 10.9. The Labute approximate surface area is 113 Å². The van der Waals surface area contributed by atoms with Gasteiger partial charge in [-0.3, -0.25) is 0 Å². The van der Waals surface area contributed by atoms with Gasteiger partial charge in [-0.25, -0.2) is 0 Å². The average molecular weight is 255 g/mol. The summed E-state index contributed by atoms with van der Waals surface area (Å²) in [6.07, 6.45) is 0.938. The van der Waals surface area contributed by atoms with E-state index >= 15 is 0 Å². The number of ether oxygens (including phenoxy) is 1. The minimum atomic E-state index is 0.121. The molecule has 2 aromatic rings. The molecule has 0 saturated carbocycles. The molecular weight excluding hydrogens is 238 g/mol. The maximum Gasteiger partial charge on any atom is 0.124 e. The van der Waals surface area contributed by atoms with Crippen molar-refractivity contribution in [2.24, 2.45) is 0 Å². The van der Waals surface area contributed by atoms with Gasteiger partial charge in [-0.15, -0.1) is 0 Å². The summed E-state index contributed by atoms with van der Waals surface area (Å²) in [6, 6.07) is 17.0. The minimum absolute atomic E-state index is 0.121. The third-order valence-corrected chi connectivity index (χ3v) is 3.37. The topological polar surface area (TPSA) is 30.5 Å². The van der Waals surface area contributed by atoms with Gasteiger partial charge in [-0.1, -0.05) is 36.4 Å².